The van der Waals surface area contributed by atoms with Crippen LogP contribution in [0, 0.1) is 5.92 Å². The summed E-state index contributed by atoms with van der Waals surface area (Å²) in [5, 5.41) is 0.782. The third kappa shape index (κ3) is 7.23. The summed E-state index contributed by atoms with van der Waals surface area (Å²) >= 11 is 1.61. The van der Waals surface area contributed by atoms with Crippen molar-refractivity contribution in [2.75, 3.05) is 57.3 Å². The van der Waals surface area contributed by atoms with E-state index in [2.05, 4.69) is 29.7 Å². The largest absolute Gasteiger partial charge is 0.466 e. The van der Waals surface area contributed by atoms with Crippen LogP contribution in [0.15, 0.2) is 35.5 Å². The van der Waals surface area contributed by atoms with E-state index < -0.39 is 0 Å². The Hall–Kier alpha value is -2.65. The van der Waals surface area contributed by atoms with Gasteiger partial charge in [0, 0.05) is 62.3 Å². The number of rotatable bonds is 9. The van der Waals surface area contributed by atoms with Gasteiger partial charge in [0.25, 0.3) is 5.91 Å². The minimum absolute atomic E-state index is 0.0203. The van der Waals surface area contributed by atoms with Gasteiger partial charge in [-0.3, -0.25) is 9.59 Å². The number of amides is 1. The van der Waals surface area contributed by atoms with Crippen LogP contribution in [-0.2, 0) is 21.7 Å². The molecule has 1 aromatic heterocycles. The fourth-order valence-electron chi connectivity index (χ4n) is 4.86. The smallest absolute Gasteiger partial charge is 0.309 e. The summed E-state index contributed by atoms with van der Waals surface area (Å²) in [7, 11) is 0. The lowest BCUT2D eigenvalue weighted by Crippen LogP contribution is -2.46. The molecular formula is C28H39N5O3S. The standard InChI is InChI=1S/C28H39N5O3S/c1-4-24-19-25(32-16-14-31(5-2)15-17-32)30-28(29-24)37-20-21-8-7-9-23(18-21)26(34)33-12-10-22(11-13-33)27(35)36-6-3/h7-9,18-19,22H,4-6,10-17,20H2,1-3H3. The molecule has 9 heteroatoms. The number of likely N-dealkylation sites (tertiary alicyclic amines) is 1. The van der Waals surface area contributed by atoms with Gasteiger partial charge >= 0.3 is 5.97 Å². The van der Waals surface area contributed by atoms with Crippen molar-refractivity contribution in [1.29, 1.82) is 0 Å². The second kappa shape index (κ2) is 13.2. The Morgan fingerprint density at radius 1 is 1.00 bits per heavy atom. The van der Waals surface area contributed by atoms with Gasteiger partial charge in [-0.25, -0.2) is 9.97 Å². The molecule has 3 heterocycles. The van der Waals surface area contributed by atoms with Crippen LogP contribution in [0.4, 0.5) is 5.82 Å². The highest BCUT2D eigenvalue weighted by molar-refractivity contribution is 7.98. The molecule has 200 valence electrons. The summed E-state index contributed by atoms with van der Waals surface area (Å²) < 4.78 is 5.15. The number of aromatic nitrogens is 2. The van der Waals surface area contributed by atoms with Gasteiger partial charge in [0.1, 0.15) is 5.82 Å². The Balaban J connectivity index is 1.37. The number of anilines is 1. The van der Waals surface area contributed by atoms with Crippen LogP contribution >= 0.6 is 11.8 Å². The number of esters is 1. The molecule has 0 atom stereocenters. The first-order valence-electron chi connectivity index (χ1n) is 13.5. The second-order valence-electron chi connectivity index (χ2n) is 9.58. The summed E-state index contributed by atoms with van der Waals surface area (Å²) in [6.45, 7) is 12.9. The van der Waals surface area contributed by atoms with Crippen LogP contribution in [0.5, 0.6) is 0 Å². The minimum atomic E-state index is -0.144. The molecule has 8 nitrogen and oxygen atoms in total. The highest BCUT2D eigenvalue weighted by atomic mass is 32.2. The number of piperidine rings is 1. The lowest BCUT2D eigenvalue weighted by molar-refractivity contribution is -0.149. The van der Waals surface area contributed by atoms with Crippen LogP contribution in [-0.4, -0.2) is 84.1 Å². The zero-order valence-electron chi connectivity index (χ0n) is 22.3. The van der Waals surface area contributed by atoms with Gasteiger partial charge in [-0.15, -0.1) is 0 Å². The number of piperazine rings is 1. The zero-order chi connectivity index (χ0) is 26.2. The molecule has 0 aliphatic carbocycles. The molecule has 37 heavy (non-hydrogen) atoms. The van der Waals surface area contributed by atoms with Crippen molar-refractivity contribution in [3.63, 3.8) is 0 Å². The Bertz CT molecular complexity index is 1070. The fourth-order valence-corrected chi connectivity index (χ4v) is 5.68. The number of nitrogens with zero attached hydrogens (tertiary/aromatic N) is 5. The van der Waals surface area contributed by atoms with Crippen LogP contribution in [0.25, 0.3) is 0 Å². The predicted molar refractivity (Wildman–Crippen MR) is 147 cm³/mol. The van der Waals surface area contributed by atoms with Gasteiger partial charge in [-0.2, -0.15) is 0 Å². The van der Waals surface area contributed by atoms with Gasteiger partial charge in [-0.05, 0) is 50.4 Å². The summed E-state index contributed by atoms with van der Waals surface area (Å²) in [6.07, 6.45) is 2.18. The molecule has 2 aliphatic heterocycles. The quantitative estimate of drug-likeness (QED) is 0.277. The number of benzene rings is 1. The molecule has 2 saturated heterocycles. The highest BCUT2D eigenvalue weighted by Gasteiger charge is 2.28. The molecule has 2 aliphatic rings. The molecule has 1 amide bonds. The van der Waals surface area contributed by atoms with Crippen molar-refractivity contribution in [3.05, 3.63) is 47.2 Å². The number of carbonyl (C=O) groups is 2. The van der Waals surface area contributed by atoms with Crippen molar-refractivity contribution in [3.8, 4) is 0 Å². The molecule has 1 aromatic carbocycles. The number of aryl methyl sites for hydroxylation is 1. The molecule has 2 aromatic rings. The predicted octanol–water partition coefficient (Wildman–Crippen LogP) is 3.89. The first kappa shape index (κ1) is 27.4. The Kier molecular flexibility index (Phi) is 9.80. The van der Waals surface area contributed by atoms with Gasteiger partial charge in [0.2, 0.25) is 0 Å². The SMILES string of the molecule is CCOC(=O)C1CCN(C(=O)c2cccc(CSc3nc(CC)cc(N4CCN(CC)CC4)n3)c2)CC1. The number of thioether (sulfide) groups is 1. The Labute approximate surface area is 224 Å². The third-order valence-corrected chi connectivity index (χ3v) is 8.11. The van der Waals surface area contributed by atoms with Crippen molar-refractivity contribution in [1.82, 2.24) is 19.8 Å². The maximum atomic E-state index is 13.1. The first-order chi connectivity index (χ1) is 18.0. The first-order valence-corrected chi connectivity index (χ1v) is 14.5. The van der Waals surface area contributed by atoms with E-state index in [1.54, 1.807) is 11.8 Å². The molecule has 0 saturated carbocycles. The van der Waals surface area contributed by atoms with Crippen LogP contribution in [0.2, 0.25) is 0 Å². The van der Waals surface area contributed by atoms with E-state index >= 15 is 0 Å². The molecule has 4 rings (SSSR count). The zero-order valence-corrected chi connectivity index (χ0v) is 23.1. The maximum absolute atomic E-state index is 13.1. The third-order valence-electron chi connectivity index (χ3n) is 7.19. The molecule has 0 radical (unpaired) electrons. The summed E-state index contributed by atoms with van der Waals surface area (Å²) in [5.74, 6) is 1.48. The van der Waals surface area contributed by atoms with E-state index in [1.807, 2.05) is 36.1 Å². The summed E-state index contributed by atoms with van der Waals surface area (Å²) in [6, 6.07) is 9.95. The van der Waals surface area contributed by atoms with E-state index in [0.29, 0.717) is 43.9 Å². The number of carbonyl (C=O) groups excluding carboxylic acids is 2. The molecule has 0 unspecified atom stereocenters. The van der Waals surface area contributed by atoms with Crippen LogP contribution < -0.4 is 4.90 Å². The average Bonchev–Trinajstić information content (AvgIpc) is 2.96. The molecule has 0 spiro atoms. The Morgan fingerprint density at radius 3 is 2.43 bits per heavy atom. The average molecular weight is 526 g/mol. The van der Waals surface area contributed by atoms with E-state index in [-0.39, 0.29) is 17.8 Å². The van der Waals surface area contributed by atoms with Gasteiger partial charge in [0.05, 0.1) is 12.5 Å². The van der Waals surface area contributed by atoms with E-state index in [9.17, 15) is 9.59 Å². The fraction of sp³-hybridized carbons (Fsp3) is 0.571. The minimum Gasteiger partial charge on any atom is -0.466 e. The number of ether oxygens (including phenoxy) is 1. The number of hydrogen-bond acceptors (Lipinski definition) is 8. The van der Waals surface area contributed by atoms with Crippen molar-refractivity contribution in [2.24, 2.45) is 5.92 Å². The van der Waals surface area contributed by atoms with Gasteiger partial charge in [0.15, 0.2) is 5.16 Å². The topological polar surface area (TPSA) is 78.9 Å². The Morgan fingerprint density at radius 2 is 1.76 bits per heavy atom. The van der Waals surface area contributed by atoms with Crippen molar-refractivity contribution in [2.45, 2.75) is 50.9 Å². The highest BCUT2D eigenvalue weighted by Crippen LogP contribution is 2.25. The number of likely N-dealkylation sites (N-methyl/N-ethyl adjacent to an activating group) is 1. The summed E-state index contributed by atoms with van der Waals surface area (Å²) in [4.78, 5) is 41.5. The van der Waals surface area contributed by atoms with Gasteiger partial charge in [-0.1, -0.05) is 37.7 Å². The lowest BCUT2D eigenvalue weighted by atomic mass is 9.96. The van der Waals surface area contributed by atoms with Crippen LogP contribution in [0.3, 0.4) is 0 Å². The lowest BCUT2D eigenvalue weighted by Gasteiger charge is -2.34. The van der Waals surface area contributed by atoms with Crippen molar-refractivity contribution >= 4 is 29.5 Å². The van der Waals surface area contributed by atoms with Crippen molar-refractivity contribution < 1.29 is 14.3 Å². The monoisotopic (exact) mass is 525 g/mol. The summed E-state index contributed by atoms with van der Waals surface area (Å²) in [5.41, 5.74) is 2.81. The van der Waals surface area contributed by atoms with E-state index in [0.717, 1.165) is 61.4 Å². The van der Waals surface area contributed by atoms with Gasteiger partial charge < -0.3 is 19.4 Å². The normalized spacial score (nSPS) is 17.2. The number of hydrogen-bond donors (Lipinski definition) is 0. The van der Waals surface area contributed by atoms with Crippen LogP contribution in [0.1, 0.15) is 55.2 Å². The van der Waals surface area contributed by atoms with E-state index in [1.165, 1.54) is 0 Å². The molecular weight excluding hydrogens is 486 g/mol. The van der Waals surface area contributed by atoms with E-state index in [4.69, 9.17) is 14.7 Å². The molecule has 2 fully saturated rings. The molecule has 0 N–H and O–H groups in total. The maximum Gasteiger partial charge on any atom is 0.309 e. The second-order valence-corrected chi connectivity index (χ2v) is 10.5. The molecule has 0 bridgehead atoms.